The van der Waals surface area contributed by atoms with E-state index in [9.17, 15) is 4.79 Å². The number of carbonyl (C=O) groups excluding carboxylic acids is 1. The lowest BCUT2D eigenvalue weighted by Crippen LogP contribution is -2.03. The van der Waals surface area contributed by atoms with Crippen LogP contribution in [-0.4, -0.2) is 5.97 Å². The van der Waals surface area contributed by atoms with Crippen molar-refractivity contribution in [3.63, 3.8) is 0 Å². The van der Waals surface area contributed by atoms with Gasteiger partial charge in [0.1, 0.15) is 0 Å². The molecule has 0 spiro atoms. The minimum atomic E-state index is -0.478. The molecule has 0 heterocycles. The van der Waals surface area contributed by atoms with Crippen molar-refractivity contribution in [2.45, 2.75) is 3.74 Å². The van der Waals surface area contributed by atoms with E-state index in [1.165, 1.54) is 0 Å². The summed E-state index contributed by atoms with van der Waals surface area (Å²) in [5.41, 5.74) is 1.26. The SMILES string of the molecule is O=C(OS)c1cc(Br)ccc1C(Br)Br. The van der Waals surface area contributed by atoms with Gasteiger partial charge in [-0.2, -0.15) is 0 Å². The molecule has 0 saturated heterocycles. The summed E-state index contributed by atoms with van der Waals surface area (Å²) in [4.78, 5) is 11.3. The predicted octanol–water partition coefficient (Wildman–Crippen LogP) is 4.24. The minimum absolute atomic E-state index is 0.0921. The molecule has 0 unspecified atom stereocenters. The monoisotopic (exact) mass is 402 g/mol. The first-order valence-electron chi connectivity index (χ1n) is 3.49. The first-order valence-corrected chi connectivity index (χ1v) is 6.48. The molecule has 0 radical (unpaired) electrons. The van der Waals surface area contributed by atoms with Gasteiger partial charge in [0.25, 0.3) is 0 Å². The lowest BCUT2D eigenvalue weighted by Gasteiger charge is -2.08. The van der Waals surface area contributed by atoms with Gasteiger partial charge in [0.2, 0.25) is 0 Å². The van der Waals surface area contributed by atoms with Gasteiger partial charge in [-0.25, -0.2) is 4.79 Å². The zero-order chi connectivity index (χ0) is 10.7. The van der Waals surface area contributed by atoms with Crippen LogP contribution in [0.5, 0.6) is 0 Å². The Morgan fingerprint density at radius 3 is 2.57 bits per heavy atom. The van der Waals surface area contributed by atoms with Gasteiger partial charge in [-0.1, -0.05) is 53.9 Å². The predicted molar refractivity (Wildman–Crippen MR) is 69.1 cm³/mol. The summed E-state index contributed by atoms with van der Waals surface area (Å²) >= 11 is 13.4. The number of carbonyl (C=O) groups is 1. The quantitative estimate of drug-likeness (QED) is 0.453. The Kier molecular flexibility index (Phi) is 4.96. The molecule has 0 aliphatic carbocycles. The summed E-state index contributed by atoms with van der Waals surface area (Å²) in [6.45, 7) is 0. The minimum Gasteiger partial charge on any atom is -0.391 e. The first kappa shape index (κ1) is 12.5. The van der Waals surface area contributed by atoms with Crippen molar-refractivity contribution in [2.24, 2.45) is 0 Å². The van der Waals surface area contributed by atoms with Gasteiger partial charge in [0, 0.05) is 17.4 Å². The molecule has 0 amide bonds. The van der Waals surface area contributed by atoms with E-state index in [1.54, 1.807) is 6.07 Å². The molecule has 0 aliphatic rings. The zero-order valence-electron chi connectivity index (χ0n) is 6.71. The molecule has 14 heavy (non-hydrogen) atoms. The fraction of sp³-hybridized carbons (Fsp3) is 0.125. The van der Waals surface area contributed by atoms with Crippen LogP contribution in [-0.2, 0) is 4.18 Å². The molecule has 0 fully saturated rings. The molecule has 76 valence electrons. The van der Waals surface area contributed by atoms with Crippen LogP contribution in [0.4, 0.5) is 0 Å². The smallest absolute Gasteiger partial charge is 0.350 e. The van der Waals surface area contributed by atoms with Crippen LogP contribution < -0.4 is 0 Å². The normalized spacial score (nSPS) is 10.4. The second kappa shape index (κ2) is 5.53. The third kappa shape index (κ3) is 2.98. The second-order valence-corrected chi connectivity index (χ2v) is 6.57. The Morgan fingerprint density at radius 2 is 2.07 bits per heavy atom. The molecular weight excluding hydrogens is 400 g/mol. The Hall–Kier alpha value is 0.480. The van der Waals surface area contributed by atoms with E-state index in [4.69, 9.17) is 0 Å². The van der Waals surface area contributed by atoms with Gasteiger partial charge in [-0.05, 0) is 17.7 Å². The molecule has 1 rings (SSSR count). The van der Waals surface area contributed by atoms with Gasteiger partial charge in [0.15, 0.2) is 0 Å². The van der Waals surface area contributed by atoms with Gasteiger partial charge in [-0.3, -0.25) is 0 Å². The molecular formula is C8H5Br3O2S. The van der Waals surface area contributed by atoms with E-state index in [0.29, 0.717) is 5.56 Å². The molecule has 1 aromatic rings. The maximum Gasteiger partial charge on any atom is 0.350 e. The molecule has 0 atom stereocenters. The van der Waals surface area contributed by atoms with Gasteiger partial charge < -0.3 is 4.18 Å². The Bertz CT molecular complexity index is 354. The van der Waals surface area contributed by atoms with Crippen molar-refractivity contribution in [2.75, 3.05) is 0 Å². The number of thiol groups is 1. The lowest BCUT2D eigenvalue weighted by molar-refractivity contribution is 0.0771. The molecule has 2 nitrogen and oxygen atoms in total. The molecule has 0 saturated carbocycles. The molecule has 0 bridgehead atoms. The average Bonchev–Trinajstić information content (AvgIpc) is 2.16. The summed E-state index contributed by atoms with van der Waals surface area (Å²) in [6, 6.07) is 5.35. The van der Waals surface area contributed by atoms with Gasteiger partial charge in [-0.15, -0.1) is 0 Å². The number of alkyl halides is 2. The summed E-state index contributed by atoms with van der Waals surface area (Å²) in [5, 5.41) is 0. The first-order chi connectivity index (χ1) is 6.56. The van der Waals surface area contributed by atoms with Crippen molar-refractivity contribution in [3.8, 4) is 0 Å². The van der Waals surface area contributed by atoms with Crippen LogP contribution in [0.15, 0.2) is 22.7 Å². The highest BCUT2D eigenvalue weighted by atomic mass is 79.9. The fourth-order valence-electron chi connectivity index (χ4n) is 0.945. The number of benzene rings is 1. The van der Waals surface area contributed by atoms with Crippen LogP contribution in [0, 0.1) is 0 Å². The summed E-state index contributed by atoms with van der Waals surface area (Å²) < 4.78 is 5.10. The Balaban J connectivity index is 3.22. The van der Waals surface area contributed by atoms with E-state index < -0.39 is 5.97 Å². The number of hydrogen-bond donors (Lipinski definition) is 1. The van der Waals surface area contributed by atoms with E-state index in [2.05, 4.69) is 64.9 Å². The van der Waals surface area contributed by atoms with E-state index in [0.717, 1.165) is 10.0 Å². The van der Waals surface area contributed by atoms with Crippen LogP contribution in [0.1, 0.15) is 19.7 Å². The van der Waals surface area contributed by atoms with Crippen molar-refractivity contribution in [1.29, 1.82) is 0 Å². The summed E-state index contributed by atoms with van der Waals surface area (Å²) in [7, 11) is 0. The highest BCUT2D eigenvalue weighted by Crippen LogP contribution is 2.33. The van der Waals surface area contributed by atoms with E-state index >= 15 is 0 Å². The maximum atomic E-state index is 11.3. The topological polar surface area (TPSA) is 26.3 Å². The van der Waals surface area contributed by atoms with Crippen LogP contribution in [0.2, 0.25) is 0 Å². The Morgan fingerprint density at radius 1 is 1.43 bits per heavy atom. The van der Waals surface area contributed by atoms with Crippen LogP contribution in [0.25, 0.3) is 0 Å². The van der Waals surface area contributed by atoms with E-state index in [1.807, 2.05) is 12.1 Å². The van der Waals surface area contributed by atoms with Crippen LogP contribution >= 0.6 is 60.7 Å². The third-order valence-corrected chi connectivity index (χ3v) is 3.20. The van der Waals surface area contributed by atoms with Crippen LogP contribution in [0.3, 0.4) is 0 Å². The van der Waals surface area contributed by atoms with Gasteiger partial charge in [0.05, 0.1) is 9.30 Å². The molecule has 6 heteroatoms. The second-order valence-electron chi connectivity index (χ2n) is 2.41. The van der Waals surface area contributed by atoms with E-state index in [-0.39, 0.29) is 3.74 Å². The van der Waals surface area contributed by atoms with Crippen molar-refractivity contribution >= 4 is 66.7 Å². The third-order valence-electron chi connectivity index (χ3n) is 1.55. The van der Waals surface area contributed by atoms with Crippen molar-refractivity contribution in [3.05, 3.63) is 33.8 Å². The highest BCUT2D eigenvalue weighted by molar-refractivity contribution is 9.24. The number of halogens is 3. The lowest BCUT2D eigenvalue weighted by atomic mass is 10.1. The van der Waals surface area contributed by atoms with Crippen molar-refractivity contribution in [1.82, 2.24) is 0 Å². The average molecular weight is 405 g/mol. The fourth-order valence-corrected chi connectivity index (χ4v) is 2.20. The zero-order valence-corrected chi connectivity index (χ0v) is 12.4. The number of hydrogen-bond acceptors (Lipinski definition) is 3. The highest BCUT2D eigenvalue weighted by Gasteiger charge is 2.16. The summed E-state index contributed by atoms with van der Waals surface area (Å²) in [6.07, 6.45) is 0. The molecule has 1 aromatic carbocycles. The molecule has 0 aliphatic heterocycles. The molecule has 0 aromatic heterocycles. The Labute approximate surface area is 112 Å². The summed E-state index contributed by atoms with van der Waals surface area (Å²) in [5.74, 6) is -0.478. The largest absolute Gasteiger partial charge is 0.391 e. The maximum absolute atomic E-state index is 11.3. The van der Waals surface area contributed by atoms with Gasteiger partial charge >= 0.3 is 5.97 Å². The molecule has 0 N–H and O–H groups in total. The van der Waals surface area contributed by atoms with Crippen molar-refractivity contribution < 1.29 is 8.98 Å². The number of rotatable bonds is 2. The standard InChI is InChI=1S/C8H5Br3O2S/c9-4-1-2-5(7(10)11)6(3-4)8(12)13-14/h1-3,7,14H.